The van der Waals surface area contributed by atoms with Gasteiger partial charge in [0.25, 0.3) is 0 Å². The SMILES string of the molecule is O=C(ONCc1ccccc1)C(=O)ONCc1ccccc1. The van der Waals surface area contributed by atoms with Crippen LogP contribution in [0.1, 0.15) is 11.1 Å². The Bertz CT molecular complexity index is 547. The van der Waals surface area contributed by atoms with Crippen molar-refractivity contribution in [3.05, 3.63) is 71.8 Å². The van der Waals surface area contributed by atoms with Crippen LogP contribution >= 0.6 is 0 Å². The fraction of sp³-hybridized carbons (Fsp3) is 0.125. The van der Waals surface area contributed by atoms with E-state index >= 15 is 0 Å². The first kappa shape index (κ1) is 15.7. The molecule has 2 rings (SSSR count). The van der Waals surface area contributed by atoms with E-state index in [1.54, 1.807) is 0 Å². The summed E-state index contributed by atoms with van der Waals surface area (Å²) in [5, 5.41) is 0. The zero-order valence-corrected chi connectivity index (χ0v) is 11.8. The zero-order valence-electron chi connectivity index (χ0n) is 11.8. The molecule has 0 radical (unpaired) electrons. The predicted molar refractivity (Wildman–Crippen MR) is 78.7 cm³/mol. The molecule has 2 aromatic rings. The van der Waals surface area contributed by atoms with Gasteiger partial charge in [-0.15, -0.1) is 11.0 Å². The van der Waals surface area contributed by atoms with Crippen LogP contribution in [0.15, 0.2) is 60.7 Å². The normalized spacial score (nSPS) is 10.0. The molecule has 22 heavy (non-hydrogen) atoms. The van der Waals surface area contributed by atoms with Gasteiger partial charge in [0.1, 0.15) is 0 Å². The number of rotatable bonds is 6. The second-order valence-corrected chi connectivity index (χ2v) is 4.39. The van der Waals surface area contributed by atoms with Gasteiger partial charge in [-0.05, 0) is 11.1 Å². The van der Waals surface area contributed by atoms with Gasteiger partial charge in [0.15, 0.2) is 0 Å². The Morgan fingerprint density at radius 2 is 1.05 bits per heavy atom. The first-order valence-corrected chi connectivity index (χ1v) is 6.71. The van der Waals surface area contributed by atoms with E-state index in [0.717, 1.165) is 11.1 Å². The first-order chi connectivity index (χ1) is 10.8. The molecule has 2 N–H and O–H groups in total. The van der Waals surface area contributed by atoms with Crippen molar-refractivity contribution in [2.45, 2.75) is 13.1 Å². The standard InChI is InChI=1S/C16H16N2O4/c19-15(21-17-11-13-7-3-1-4-8-13)16(20)22-18-12-14-9-5-2-6-10-14/h1-10,17-18H,11-12H2. The molecule has 0 saturated heterocycles. The van der Waals surface area contributed by atoms with Crippen LogP contribution in [-0.4, -0.2) is 11.9 Å². The van der Waals surface area contributed by atoms with Gasteiger partial charge in [0.2, 0.25) is 0 Å². The number of carbonyl (C=O) groups is 2. The van der Waals surface area contributed by atoms with Crippen molar-refractivity contribution in [3.8, 4) is 0 Å². The average molecular weight is 300 g/mol. The molecule has 0 atom stereocenters. The molecule has 0 saturated carbocycles. The van der Waals surface area contributed by atoms with Gasteiger partial charge in [0, 0.05) is 0 Å². The van der Waals surface area contributed by atoms with Crippen molar-refractivity contribution < 1.29 is 19.3 Å². The van der Waals surface area contributed by atoms with Gasteiger partial charge in [0.05, 0.1) is 13.1 Å². The molecule has 6 heteroatoms. The van der Waals surface area contributed by atoms with E-state index in [-0.39, 0.29) is 0 Å². The molecule has 0 fully saturated rings. The summed E-state index contributed by atoms with van der Waals surface area (Å²) in [7, 11) is 0. The lowest BCUT2D eigenvalue weighted by Gasteiger charge is -2.06. The van der Waals surface area contributed by atoms with Crippen LogP contribution in [0.4, 0.5) is 0 Å². The van der Waals surface area contributed by atoms with E-state index in [2.05, 4.69) is 20.6 Å². The summed E-state index contributed by atoms with van der Waals surface area (Å²) in [5.74, 6) is -2.23. The minimum atomic E-state index is -1.11. The van der Waals surface area contributed by atoms with Gasteiger partial charge >= 0.3 is 11.9 Å². The topological polar surface area (TPSA) is 76.7 Å². The van der Waals surface area contributed by atoms with E-state index in [9.17, 15) is 9.59 Å². The summed E-state index contributed by atoms with van der Waals surface area (Å²) >= 11 is 0. The number of hydrogen-bond donors (Lipinski definition) is 2. The van der Waals surface area contributed by atoms with Crippen molar-refractivity contribution in [2.75, 3.05) is 0 Å². The molecule has 0 aliphatic carbocycles. The number of carbonyl (C=O) groups excluding carboxylic acids is 2. The zero-order chi connectivity index (χ0) is 15.6. The molecular weight excluding hydrogens is 284 g/mol. The van der Waals surface area contributed by atoms with Crippen LogP contribution in [0.5, 0.6) is 0 Å². The fourth-order valence-corrected chi connectivity index (χ4v) is 1.64. The van der Waals surface area contributed by atoms with Crippen molar-refractivity contribution in [2.24, 2.45) is 0 Å². The van der Waals surface area contributed by atoms with E-state index in [1.165, 1.54) is 0 Å². The van der Waals surface area contributed by atoms with Crippen LogP contribution in [0.25, 0.3) is 0 Å². The van der Waals surface area contributed by atoms with Crippen molar-refractivity contribution >= 4 is 11.9 Å². The fourth-order valence-electron chi connectivity index (χ4n) is 1.64. The summed E-state index contributed by atoms with van der Waals surface area (Å²) in [5.41, 5.74) is 6.67. The van der Waals surface area contributed by atoms with Crippen molar-refractivity contribution in [1.29, 1.82) is 0 Å². The third kappa shape index (κ3) is 5.35. The van der Waals surface area contributed by atoms with Crippen LogP contribution in [0, 0.1) is 0 Å². The van der Waals surface area contributed by atoms with E-state index in [1.807, 2.05) is 60.7 Å². The summed E-state index contributed by atoms with van der Waals surface area (Å²) in [6, 6.07) is 18.7. The molecule has 0 heterocycles. The van der Waals surface area contributed by atoms with Gasteiger partial charge in [-0.3, -0.25) is 0 Å². The predicted octanol–water partition coefficient (Wildman–Crippen LogP) is 1.48. The third-order valence-electron chi connectivity index (χ3n) is 2.73. The molecular formula is C16H16N2O4. The summed E-state index contributed by atoms with van der Waals surface area (Å²) in [6.07, 6.45) is 0. The Kier molecular flexibility index (Phi) is 6.10. The van der Waals surface area contributed by atoms with Gasteiger partial charge < -0.3 is 9.68 Å². The molecule has 0 amide bonds. The highest BCUT2D eigenvalue weighted by molar-refractivity contribution is 6.29. The molecule has 0 aliphatic heterocycles. The minimum absolute atomic E-state index is 0.303. The molecule has 0 aliphatic rings. The van der Waals surface area contributed by atoms with Gasteiger partial charge in [-0.1, -0.05) is 60.7 Å². The largest absolute Gasteiger partial charge is 0.437 e. The molecule has 114 valence electrons. The minimum Gasteiger partial charge on any atom is -0.361 e. The highest BCUT2D eigenvalue weighted by Crippen LogP contribution is 1.98. The Balaban J connectivity index is 1.63. The molecule has 0 unspecified atom stereocenters. The molecule has 0 bridgehead atoms. The maximum atomic E-state index is 11.4. The maximum Gasteiger partial charge on any atom is 0.437 e. The quantitative estimate of drug-likeness (QED) is 0.621. The highest BCUT2D eigenvalue weighted by atomic mass is 16.7. The van der Waals surface area contributed by atoms with Crippen LogP contribution < -0.4 is 11.0 Å². The monoisotopic (exact) mass is 300 g/mol. The average Bonchev–Trinajstić information content (AvgIpc) is 2.56. The van der Waals surface area contributed by atoms with Gasteiger partial charge in [-0.2, -0.15) is 0 Å². The molecule has 0 aromatic heterocycles. The maximum absolute atomic E-state index is 11.4. The second-order valence-electron chi connectivity index (χ2n) is 4.39. The van der Waals surface area contributed by atoms with E-state index in [4.69, 9.17) is 0 Å². The summed E-state index contributed by atoms with van der Waals surface area (Å²) in [4.78, 5) is 32.0. The Labute approximate surface area is 128 Å². The summed E-state index contributed by atoms with van der Waals surface area (Å²) in [6.45, 7) is 0.606. The third-order valence-corrected chi connectivity index (χ3v) is 2.73. The lowest BCUT2D eigenvalue weighted by molar-refractivity contribution is -0.177. The number of hydrogen-bond acceptors (Lipinski definition) is 6. The van der Waals surface area contributed by atoms with E-state index in [0.29, 0.717) is 13.1 Å². The van der Waals surface area contributed by atoms with Crippen LogP contribution in [0.2, 0.25) is 0 Å². The number of hydroxylamine groups is 2. The molecule has 2 aromatic carbocycles. The second kappa shape index (κ2) is 8.56. The Hall–Kier alpha value is -2.70. The van der Waals surface area contributed by atoms with Gasteiger partial charge in [-0.25, -0.2) is 9.59 Å². The molecule has 6 nitrogen and oxygen atoms in total. The number of benzene rings is 2. The smallest absolute Gasteiger partial charge is 0.361 e. The molecule has 0 spiro atoms. The van der Waals surface area contributed by atoms with Crippen molar-refractivity contribution in [1.82, 2.24) is 11.0 Å². The van der Waals surface area contributed by atoms with Crippen molar-refractivity contribution in [3.63, 3.8) is 0 Å². The summed E-state index contributed by atoms with van der Waals surface area (Å²) < 4.78 is 0. The van der Waals surface area contributed by atoms with Crippen LogP contribution in [0.3, 0.4) is 0 Å². The first-order valence-electron chi connectivity index (χ1n) is 6.71. The lowest BCUT2D eigenvalue weighted by atomic mass is 10.2. The Morgan fingerprint density at radius 3 is 1.41 bits per heavy atom. The number of nitrogens with one attached hydrogen (secondary N) is 2. The van der Waals surface area contributed by atoms with Crippen LogP contribution in [-0.2, 0) is 32.4 Å². The lowest BCUT2D eigenvalue weighted by Crippen LogP contribution is -2.31. The Morgan fingerprint density at radius 1 is 0.682 bits per heavy atom. The highest BCUT2D eigenvalue weighted by Gasteiger charge is 2.18. The van der Waals surface area contributed by atoms with E-state index < -0.39 is 11.9 Å².